The number of ether oxygens (including phenoxy) is 1. The Hall–Kier alpha value is -1.30. The lowest BCUT2D eigenvalue weighted by Gasteiger charge is -2.20. The fraction of sp³-hybridized carbons (Fsp3) is 0.467. The summed E-state index contributed by atoms with van der Waals surface area (Å²) in [4.78, 5) is 0. The molecule has 0 aliphatic rings. The van der Waals surface area contributed by atoms with Crippen LogP contribution in [0.25, 0.3) is 0 Å². The van der Waals surface area contributed by atoms with Gasteiger partial charge in [-0.1, -0.05) is 41.7 Å². The summed E-state index contributed by atoms with van der Waals surface area (Å²) in [7, 11) is 3.67. The summed E-state index contributed by atoms with van der Waals surface area (Å²) < 4.78 is 5.45. The van der Waals surface area contributed by atoms with E-state index < -0.39 is 0 Å². The first-order valence-corrected chi connectivity index (χ1v) is 7.47. The highest BCUT2D eigenvalue weighted by molar-refractivity contribution is 7.11. The lowest BCUT2D eigenvalue weighted by atomic mass is 10.1. The van der Waals surface area contributed by atoms with Crippen LogP contribution in [0.5, 0.6) is 0 Å². The standard InChI is InChI=1S/C15H21N3OS/c1-15(2,19-4)10-12-17-18-14(20-12)13(16-3)11-8-6-5-7-9-11/h5-9,13,16H,10H2,1-4H3. The molecule has 2 aromatic rings. The van der Waals surface area contributed by atoms with E-state index in [0.29, 0.717) is 0 Å². The summed E-state index contributed by atoms with van der Waals surface area (Å²) in [6.07, 6.45) is 0.770. The predicted molar refractivity (Wildman–Crippen MR) is 82.0 cm³/mol. The number of aromatic nitrogens is 2. The van der Waals surface area contributed by atoms with Gasteiger partial charge in [-0.15, -0.1) is 10.2 Å². The third kappa shape index (κ3) is 3.62. The molecule has 1 aromatic heterocycles. The molecule has 4 nitrogen and oxygen atoms in total. The van der Waals surface area contributed by atoms with Gasteiger partial charge in [0.2, 0.25) is 0 Å². The molecule has 2 rings (SSSR count). The van der Waals surface area contributed by atoms with Gasteiger partial charge < -0.3 is 10.1 Å². The zero-order chi connectivity index (χ0) is 14.6. The Morgan fingerprint density at radius 1 is 1.25 bits per heavy atom. The van der Waals surface area contributed by atoms with Crippen molar-refractivity contribution in [1.29, 1.82) is 0 Å². The smallest absolute Gasteiger partial charge is 0.139 e. The van der Waals surface area contributed by atoms with E-state index in [-0.39, 0.29) is 11.6 Å². The van der Waals surface area contributed by atoms with E-state index >= 15 is 0 Å². The molecule has 0 saturated heterocycles. The van der Waals surface area contributed by atoms with Gasteiger partial charge in [-0.2, -0.15) is 0 Å². The van der Waals surface area contributed by atoms with Crippen molar-refractivity contribution in [3.8, 4) is 0 Å². The van der Waals surface area contributed by atoms with Crippen molar-refractivity contribution in [2.24, 2.45) is 0 Å². The molecule has 5 heteroatoms. The van der Waals surface area contributed by atoms with Crippen LogP contribution in [0.2, 0.25) is 0 Å². The molecule has 108 valence electrons. The Labute approximate surface area is 124 Å². The maximum absolute atomic E-state index is 5.45. The lowest BCUT2D eigenvalue weighted by molar-refractivity contribution is 0.0230. The van der Waals surface area contributed by atoms with Crippen LogP contribution >= 0.6 is 11.3 Å². The number of hydrogen-bond donors (Lipinski definition) is 1. The normalized spacial score (nSPS) is 13.4. The molecule has 1 N–H and O–H groups in total. The maximum Gasteiger partial charge on any atom is 0.139 e. The molecule has 0 radical (unpaired) electrons. The summed E-state index contributed by atoms with van der Waals surface area (Å²) in [6, 6.07) is 10.4. The van der Waals surface area contributed by atoms with Gasteiger partial charge in [0.1, 0.15) is 10.0 Å². The first-order chi connectivity index (χ1) is 9.55. The maximum atomic E-state index is 5.45. The molecule has 1 heterocycles. The minimum Gasteiger partial charge on any atom is -0.378 e. The predicted octanol–water partition coefficient (Wildman–Crippen LogP) is 2.81. The van der Waals surface area contributed by atoms with Crippen molar-refractivity contribution in [2.75, 3.05) is 14.2 Å². The number of benzene rings is 1. The summed E-state index contributed by atoms with van der Waals surface area (Å²) in [5.41, 5.74) is 0.988. The van der Waals surface area contributed by atoms with Gasteiger partial charge in [0.25, 0.3) is 0 Å². The molecule has 0 saturated carbocycles. The molecular formula is C15H21N3OS. The minimum absolute atomic E-state index is 0.0908. The fourth-order valence-corrected chi connectivity index (χ4v) is 3.17. The van der Waals surface area contributed by atoms with E-state index in [1.165, 1.54) is 5.56 Å². The molecule has 0 spiro atoms. The third-order valence-corrected chi connectivity index (χ3v) is 4.27. The number of methoxy groups -OCH3 is 1. The zero-order valence-corrected chi connectivity index (χ0v) is 13.2. The highest BCUT2D eigenvalue weighted by Gasteiger charge is 2.22. The summed E-state index contributed by atoms with van der Waals surface area (Å²) in [5.74, 6) is 0. The molecular weight excluding hydrogens is 270 g/mol. The molecule has 1 aromatic carbocycles. The van der Waals surface area contributed by atoms with Gasteiger partial charge >= 0.3 is 0 Å². The third-order valence-electron chi connectivity index (χ3n) is 3.28. The summed E-state index contributed by atoms with van der Waals surface area (Å²) in [5, 5.41) is 13.9. The Morgan fingerprint density at radius 2 is 1.95 bits per heavy atom. The van der Waals surface area contributed by atoms with Gasteiger partial charge in [0.15, 0.2) is 0 Å². The minimum atomic E-state index is -0.210. The van der Waals surface area contributed by atoms with Gasteiger partial charge in [-0.3, -0.25) is 0 Å². The first kappa shape index (κ1) is 15.1. The molecule has 0 amide bonds. The van der Waals surface area contributed by atoms with E-state index in [1.54, 1.807) is 18.4 Å². The topological polar surface area (TPSA) is 47.0 Å². The monoisotopic (exact) mass is 291 g/mol. The van der Waals surface area contributed by atoms with Crippen LogP contribution in [-0.4, -0.2) is 30.0 Å². The van der Waals surface area contributed by atoms with E-state index in [4.69, 9.17) is 4.74 Å². The molecule has 0 bridgehead atoms. The molecule has 0 fully saturated rings. The first-order valence-electron chi connectivity index (χ1n) is 6.65. The van der Waals surface area contributed by atoms with Crippen LogP contribution in [0.3, 0.4) is 0 Å². The van der Waals surface area contributed by atoms with E-state index in [1.807, 2.05) is 25.2 Å². The van der Waals surface area contributed by atoms with Crippen LogP contribution < -0.4 is 5.32 Å². The Bertz CT molecular complexity index is 539. The number of hydrogen-bond acceptors (Lipinski definition) is 5. The molecule has 20 heavy (non-hydrogen) atoms. The van der Waals surface area contributed by atoms with Gasteiger partial charge in [-0.25, -0.2) is 0 Å². The van der Waals surface area contributed by atoms with Crippen molar-refractivity contribution < 1.29 is 4.74 Å². The second-order valence-electron chi connectivity index (χ2n) is 5.31. The average molecular weight is 291 g/mol. The Kier molecular flexibility index (Phi) is 4.86. The van der Waals surface area contributed by atoms with Crippen molar-refractivity contribution in [3.05, 3.63) is 45.9 Å². The van der Waals surface area contributed by atoms with Crippen LogP contribution in [0.15, 0.2) is 30.3 Å². The molecule has 1 atom stereocenters. The van der Waals surface area contributed by atoms with Crippen molar-refractivity contribution >= 4 is 11.3 Å². The highest BCUT2D eigenvalue weighted by atomic mass is 32.1. The second kappa shape index (κ2) is 6.43. The SMILES string of the molecule is CNC(c1ccccc1)c1nnc(CC(C)(C)OC)s1. The van der Waals surface area contributed by atoms with Crippen molar-refractivity contribution in [2.45, 2.75) is 31.9 Å². The summed E-state index contributed by atoms with van der Waals surface area (Å²) >= 11 is 1.64. The van der Waals surface area contributed by atoms with Gasteiger partial charge in [0.05, 0.1) is 11.6 Å². The highest BCUT2D eigenvalue weighted by Crippen LogP contribution is 2.26. The average Bonchev–Trinajstić information content (AvgIpc) is 2.88. The Balaban J connectivity index is 2.19. The van der Waals surface area contributed by atoms with Crippen LogP contribution in [0, 0.1) is 0 Å². The fourth-order valence-electron chi connectivity index (χ4n) is 1.97. The van der Waals surface area contributed by atoms with E-state index in [2.05, 4.69) is 41.5 Å². The summed E-state index contributed by atoms with van der Waals surface area (Å²) in [6.45, 7) is 4.11. The number of nitrogens with zero attached hydrogens (tertiary/aromatic N) is 2. The van der Waals surface area contributed by atoms with E-state index in [0.717, 1.165) is 16.4 Å². The van der Waals surface area contributed by atoms with Crippen LogP contribution in [-0.2, 0) is 11.2 Å². The van der Waals surface area contributed by atoms with Crippen molar-refractivity contribution in [1.82, 2.24) is 15.5 Å². The number of nitrogens with one attached hydrogen (secondary N) is 1. The molecule has 0 aliphatic carbocycles. The largest absolute Gasteiger partial charge is 0.378 e. The van der Waals surface area contributed by atoms with Crippen LogP contribution in [0.4, 0.5) is 0 Å². The van der Waals surface area contributed by atoms with Crippen LogP contribution in [0.1, 0.15) is 35.5 Å². The van der Waals surface area contributed by atoms with Gasteiger partial charge in [-0.05, 0) is 26.5 Å². The number of rotatable bonds is 6. The van der Waals surface area contributed by atoms with Gasteiger partial charge in [0, 0.05) is 13.5 Å². The molecule has 1 unspecified atom stereocenters. The quantitative estimate of drug-likeness (QED) is 0.889. The van der Waals surface area contributed by atoms with Crippen molar-refractivity contribution in [3.63, 3.8) is 0 Å². The zero-order valence-electron chi connectivity index (χ0n) is 12.4. The second-order valence-corrected chi connectivity index (χ2v) is 6.40. The Morgan fingerprint density at radius 3 is 2.55 bits per heavy atom. The lowest BCUT2D eigenvalue weighted by Crippen LogP contribution is -2.25. The molecule has 0 aliphatic heterocycles. The van der Waals surface area contributed by atoms with E-state index in [9.17, 15) is 0 Å².